The van der Waals surface area contributed by atoms with Gasteiger partial charge in [0.1, 0.15) is 0 Å². The van der Waals surface area contributed by atoms with E-state index in [0.29, 0.717) is 32.0 Å². The molecule has 5 heteroatoms. The predicted octanol–water partition coefficient (Wildman–Crippen LogP) is 1.77. The van der Waals surface area contributed by atoms with Crippen molar-refractivity contribution in [1.29, 1.82) is 0 Å². The lowest BCUT2D eigenvalue weighted by Crippen LogP contribution is -2.71. The molecular weight excluding hydrogens is 302 g/mol. The normalized spacial score (nSPS) is 21.8. The smallest absolute Gasteiger partial charge is 0.281 e. The van der Waals surface area contributed by atoms with E-state index in [0.717, 1.165) is 6.42 Å². The van der Waals surface area contributed by atoms with Gasteiger partial charge in [-0.15, -0.1) is 0 Å². The van der Waals surface area contributed by atoms with E-state index in [1.807, 2.05) is 30.6 Å². The van der Waals surface area contributed by atoms with Crippen LogP contribution in [0.3, 0.4) is 0 Å². The highest BCUT2D eigenvalue weighted by atomic mass is 16.2. The molecule has 0 aromatic heterocycles. The van der Waals surface area contributed by atoms with Crippen molar-refractivity contribution in [2.24, 2.45) is 17.3 Å². The molecule has 0 aromatic carbocycles. The maximum Gasteiger partial charge on any atom is 0.281 e. The lowest BCUT2D eigenvalue weighted by atomic mass is 9.84. The standard InChI is InChI=1S/C19H37N3O2/c1-13(2)17(20)18(24)21-8-9-22(15(4)12-21)16(23)10-14(3)11-19(5,6)7/h13-15,17H,8-12,20H2,1-7H3/p+1/t14-,15+,17-/m1/s1. The van der Waals surface area contributed by atoms with Crippen molar-refractivity contribution in [3.63, 3.8) is 0 Å². The second-order valence-corrected chi connectivity index (χ2v) is 9.14. The second kappa shape index (κ2) is 8.32. The van der Waals surface area contributed by atoms with Crippen LogP contribution in [0.5, 0.6) is 0 Å². The van der Waals surface area contributed by atoms with Crippen LogP contribution in [0, 0.1) is 17.3 Å². The number of hydrogen-bond acceptors (Lipinski definition) is 2. The molecule has 1 aliphatic rings. The minimum absolute atomic E-state index is 0.0800. The fourth-order valence-electron chi connectivity index (χ4n) is 3.58. The van der Waals surface area contributed by atoms with Gasteiger partial charge < -0.3 is 15.5 Å². The van der Waals surface area contributed by atoms with Crippen molar-refractivity contribution in [3.8, 4) is 0 Å². The van der Waals surface area contributed by atoms with Gasteiger partial charge >= 0.3 is 0 Å². The lowest BCUT2D eigenvalue weighted by molar-refractivity contribution is -0.416. The van der Waals surface area contributed by atoms with Crippen LogP contribution < -0.4 is 5.73 Å². The number of rotatable bonds is 5. The topological polar surface area (TPSA) is 68.3 Å². The van der Waals surface area contributed by atoms with E-state index in [1.54, 1.807) is 0 Å². The van der Waals surface area contributed by atoms with E-state index < -0.39 is 0 Å². The number of nitrogens with zero attached hydrogens (tertiary/aromatic N) is 2. The second-order valence-electron chi connectivity index (χ2n) is 9.14. The Bertz CT molecular complexity index is 442. The molecule has 1 fully saturated rings. The summed E-state index contributed by atoms with van der Waals surface area (Å²) in [6.45, 7) is 16.8. The van der Waals surface area contributed by atoms with E-state index in [-0.39, 0.29) is 35.2 Å². The Balaban J connectivity index is 2.57. The van der Waals surface area contributed by atoms with Gasteiger partial charge in [-0.25, -0.2) is 0 Å². The van der Waals surface area contributed by atoms with Crippen LogP contribution in [-0.4, -0.2) is 53.3 Å². The molecule has 5 nitrogen and oxygen atoms in total. The molecule has 24 heavy (non-hydrogen) atoms. The van der Waals surface area contributed by atoms with E-state index >= 15 is 0 Å². The molecule has 1 heterocycles. The number of hydrogen-bond donors (Lipinski definition) is 1. The van der Waals surface area contributed by atoms with Crippen LogP contribution in [0.4, 0.5) is 0 Å². The first kappa shape index (κ1) is 20.9. The first-order chi connectivity index (χ1) is 10.9. The number of piperazine rings is 1. The monoisotopic (exact) mass is 340 g/mol. The average Bonchev–Trinajstić information content (AvgIpc) is 2.42. The van der Waals surface area contributed by atoms with Crippen LogP contribution in [0.15, 0.2) is 0 Å². The Labute approximate surface area is 147 Å². The van der Waals surface area contributed by atoms with E-state index in [4.69, 9.17) is 0 Å². The molecule has 140 valence electrons. The summed E-state index contributed by atoms with van der Waals surface area (Å²) >= 11 is 0. The Morgan fingerprint density at radius 3 is 2.21 bits per heavy atom. The molecule has 0 spiro atoms. The summed E-state index contributed by atoms with van der Waals surface area (Å²) in [5.41, 5.74) is 4.24. The minimum atomic E-state index is -0.203. The van der Waals surface area contributed by atoms with Gasteiger partial charge in [0.25, 0.3) is 5.91 Å². The van der Waals surface area contributed by atoms with E-state index in [9.17, 15) is 9.59 Å². The maximum absolute atomic E-state index is 12.6. The van der Waals surface area contributed by atoms with Gasteiger partial charge in [0.2, 0.25) is 5.91 Å². The first-order valence-corrected chi connectivity index (χ1v) is 9.33. The highest BCUT2D eigenvalue weighted by Gasteiger charge is 2.34. The highest BCUT2D eigenvalue weighted by Crippen LogP contribution is 2.27. The molecule has 2 amide bonds. The molecule has 3 atom stereocenters. The van der Waals surface area contributed by atoms with Crippen molar-refractivity contribution in [2.45, 2.75) is 73.4 Å². The van der Waals surface area contributed by atoms with Crippen molar-refractivity contribution >= 4 is 11.8 Å². The maximum atomic E-state index is 12.6. The third-order valence-electron chi connectivity index (χ3n) is 4.87. The van der Waals surface area contributed by atoms with Crippen molar-refractivity contribution < 1.29 is 15.3 Å². The van der Waals surface area contributed by atoms with Crippen LogP contribution in [-0.2, 0) is 9.59 Å². The molecule has 0 unspecified atom stereocenters. The first-order valence-electron chi connectivity index (χ1n) is 9.33. The summed E-state index contributed by atoms with van der Waals surface area (Å²) in [4.78, 5) is 28.9. The molecular formula is C19H38N3O2+. The number of amides is 2. The fraction of sp³-hybridized carbons (Fsp3) is 0.895. The van der Waals surface area contributed by atoms with Crippen molar-refractivity contribution in [1.82, 2.24) is 9.80 Å². The Kier molecular flexibility index (Phi) is 7.26. The third kappa shape index (κ3) is 6.08. The quantitative estimate of drug-likeness (QED) is 0.829. The molecule has 1 aliphatic heterocycles. The largest absolute Gasteiger partial charge is 0.347 e. The molecule has 1 rings (SSSR count). The third-order valence-corrected chi connectivity index (χ3v) is 4.87. The molecule has 0 saturated carbocycles. The zero-order valence-corrected chi connectivity index (χ0v) is 16.8. The zero-order valence-electron chi connectivity index (χ0n) is 16.8. The highest BCUT2D eigenvalue weighted by molar-refractivity contribution is 5.81. The van der Waals surface area contributed by atoms with Gasteiger partial charge in [-0.2, -0.15) is 0 Å². The average molecular weight is 341 g/mol. The Morgan fingerprint density at radius 2 is 1.75 bits per heavy atom. The summed E-state index contributed by atoms with van der Waals surface area (Å²) < 4.78 is 0. The van der Waals surface area contributed by atoms with Gasteiger partial charge in [0, 0.05) is 38.0 Å². The van der Waals surface area contributed by atoms with Gasteiger partial charge in [-0.3, -0.25) is 9.59 Å². The van der Waals surface area contributed by atoms with Crippen LogP contribution >= 0.6 is 0 Å². The van der Waals surface area contributed by atoms with Crippen molar-refractivity contribution in [3.05, 3.63) is 0 Å². The minimum Gasteiger partial charge on any atom is -0.347 e. The summed E-state index contributed by atoms with van der Waals surface area (Å²) in [6.07, 6.45) is 1.64. The molecule has 0 bridgehead atoms. The Morgan fingerprint density at radius 1 is 1.17 bits per heavy atom. The van der Waals surface area contributed by atoms with E-state index in [1.165, 1.54) is 0 Å². The predicted molar refractivity (Wildman–Crippen MR) is 97.1 cm³/mol. The van der Waals surface area contributed by atoms with Gasteiger partial charge in [0.15, 0.2) is 6.04 Å². The molecule has 0 radical (unpaired) electrons. The number of quaternary nitrogens is 1. The summed E-state index contributed by atoms with van der Waals surface area (Å²) in [5, 5.41) is 0. The zero-order chi connectivity index (χ0) is 18.7. The van der Waals surface area contributed by atoms with Gasteiger partial charge in [0.05, 0.1) is 0 Å². The SMILES string of the molecule is CC(C)[C@@H]([NH3+])C(=O)N1CCN(C(=O)C[C@@H](C)CC(C)(C)C)[C@@H](C)C1. The summed E-state index contributed by atoms with van der Waals surface area (Å²) in [6, 6.07) is -0.123. The number of carbonyl (C=O) groups is 2. The summed E-state index contributed by atoms with van der Waals surface area (Å²) in [7, 11) is 0. The lowest BCUT2D eigenvalue weighted by Gasteiger charge is -2.41. The molecule has 1 saturated heterocycles. The van der Waals surface area contributed by atoms with Crippen LogP contribution in [0.25, 0.3) is 0 Å². The Hall–Kier alpha value is -1.10. The van der Waals surface area contributed by atoms with Crippen molar-refractivity contribution in [2.75, 3.05) is 19.6 Å². The van der Waals surface area contributed by atoms with Gasteiger partial charge in [-0.1, -0.05) is 41.5 Å². The van der Waals surface area contributed by atoms with Crippen LogP contribution in [0.2, 0.25) is 0 Å². The number of carbonyl (C=O) groups excluding carboxylic acids is 2. The summed E-state index contributed by atoms with van der Waals surface area (Å²) in [5.74, 6) is 0.965. The molecule has 0 aromatic rings. The van der Waals surface area contributed by atoms with Crippen LogP contribution in [0.1, 0.15) is 61.3 Å². The fourth-order valence-corrected chi connectivity index (χ4v) is 3.58. The van der Waals surface area contributed by atoms with E-state index in [2.05, 4.69) is 33.4 Å². The van der Waals surface area contributed by atoms with Gasteiger partial charge in [-0.05, 0) is 24.7 Å². The molecule has 0 aliphatic carbocycles. The molecule has 3 N–H and O–H groups in total.